The van der Waals surface area contributed by atoms with E-state index in [0.717, 1.165) is 19.3 Å². The van der Waals surface area contributed by atoms with E-state index in [2.05, 4.69) is 22.9 Å². The molecule has 3 amide bonds. The van der Waals surface area contributed by atoms with E-state index in [9.17, 15) is 14.4 Å². The van der Waals surface area contributed by atoms with Crippen LogP contribution in [0.1, 0.15) is 46.5 Å². The third kappa shape index (κ3) is 7.31. The van der Waals surface area contributed by atoms with Crippen molar-refractivity contribution < 1.29 is 14.4 Å². The molecule has 1 aromatic carbocycles. The lowest BCUT2D eigenvalue weighted by Crippen LogP contribution is -2.47. The van der Waals surface area contributed by atoms with Gasteiger partial charge in [0.1, 0.15) is 0 Å². The molecular formula is C21H32N4O3. The zero-order valence-electron chi connectivity index (χ0n) is 17.1. The van der Waals surface area contributed by atoms with Gasteiger partial charge in [0, 0.05) is 24.3 Å². The molecule has 1 saturated carbocycles. The molecule has 1 aromatic rings. The van der Waals surface area contributed by atoms with Crippen LogP contribution in [0.3, 0.4) is 0 Å². The topological polar surface area (TPSA) is 90.5 Å². The summed E-state index contributed by atoms with van der Waals surface area (Å²) in [4.78, 5) is 37.6. The predicted octanol–water partition coefficient (Wildman–Crippen LogP) is 2.60. The summed E-state index contributed by atoms with van der Waals surface area (Å²) < 4.78 is 0. The van der Waals surface area contributed by atoms with Crippen molar-refractivity contribution in [1.29, 1.82) is 0 Å². The first-order valence-electron chi connectivity index (χ1n) is 10.1. The number of carbonyl (C=O) groups excluding carboxylic acids is 3. The van der Waals surface area contributed by atoms with Gasteiger partial charge in [-0.3, -0.25) is 19.3 Å². The van der Waals surface area contributed by atoms with E-state index in [0.29, 0.717) is 23.8 Å². The van der Waals surface area contributed by atoms with E-state index >= 15 is 0 Å². The predicted molar refractivity (Wildman–Crippen MR) is 111 cm³/mol. The molecule has 28 heavy (non-hydrogen) atoms. The molecule has 0 radical (unpaired) electrons. The van der Waals surface area contributed by atoms with E-state index < -0.39 is 0 Å². The van der Waals surface area contributed by atoms with Gasteiger partial charge in [-0.05, 0) is 49.6 Å². The maximum Gasteiger partial charge on any atom is 0.238 e. The molecular weight excluding hydrogens is 356 g/mol. The molecule has 1 aliphatic carbocycles. The number of benzene rings is 1. The zero-order chi connectivity index (χ0) is 20.5. The number of hydrogen-bond acceptors (Lipinski definition) is 4. The summed E-state index contributed by atoms with van der Waals surface area (Å²) in [6.45, 7) is 6.55. The van der Waals surface area contributed by atoms with Gasteiger partial charge in [-0.15, -0.1) is 0 Å². The van der Waals surface area contributed by atoms with Crippen molar-refractivity contribution >= 4 is 29.1 Å². The summed E-state index contributed by atoms with van der Waals surface area (Å²) in [5.41, 5.74) is 1.32. The second-order valence-corrected chi connectivity index (χ2v) is 7.55. The standard InChI is InChI=1S/C21H32N4O3/c1-4-25(14-21(28)24-19-8-6-5-7-15(19)2)13-20(27)23-18-11-9-17(10-12-18)22-16(3)26/h9-12,15,19H,4-8,13-14H2,1-3H3,(H,22,26)(H,23,27)(H,24,28)/t15-,19+/m0/s1. The average molecular weight is 389 g/mol. The summed E-state index contributed by atoms with van der Waals surface area (Å²) in [6.07, 6.45) is 4.59. The molecule has 0 unspecified atom stereocenters. The van der Waals surface area contributed by atoms with Crippen LogP contribution in [0.4, 0.5) is 11.4 Å². The lowest BCUT2D eigenvalue weighted by Gasteiger charge is -2.30. The highest BCUT2D eigenvalue weighted by molar-refractivity contribution is 5.93. The molecule has 0 spiro atoms. The van der Waals surface area contributed by atoms with Crippen LogP contribution in [-0.4, -0.2) is 48.3 Å². The van der Waals surface area contributed by atoms with Crippen LogP contribution < -0.4 is 16.0 Å². The molecule has 0 aliphatic heterocycles. The van der Waals surface area contributed by atoms with E-state index in [1.54, 1.807) is 24.3 Å². The maximum absolute atomic E-state index is 12.4. The van der Waals surface area contributed by atoms with Crippen LogP contribution in [0.5, 0.6) is 0 Å². The lowest BCUT2D eigenvalue weighted by molar-refractivity contribution is -0.124. The van der Waals surface area contributed by atoms with Gasteiger partial charge >= 0.3 is 0 Å². The van der Waals surface area contributed by atoms with Crippen molar-refractivity contribution in [2.24, 2.45) is 5.92 Å². The zero-order valence-corrected chi connectivity index (χ0v) is 17.1. The number of likely N-dealkylation sites (N-methyl/N-ethyl adjacent to an activating group) is 1. The number of anilines is 2. The van der Waals surface area contributed by atoms with Crippen molar-refractivity contribution in [3.8, 4) is 0 Å². The van der Waals surface area contributed by atoms with Gasteiger partial charge in [0.05, 0.1) is 13.1 Å². The van der Waals surface area contributed by atoms with Gasteiger partial charge in [0.15, 0.2) is 0 Å². The second kappa shape index (κ2) is 10.8. The third-order valence-electron chi connectivity index (χ3n) is 5.13. The Balaban J connectivity index is 1.80. The Bertz CT molecular complexity index is 675. The molecule has 0 aromatic heterocycles. The van der Waals surface area contributed by atoms with Crippen LogP contribution in [0.25, 0.3) is 0 Å². The minimum atomic E-state index is -0.173. The third-order valence-corrected chi connectivity index (χ3v) is 5.13. The highest BCUT2D eigenvalue weighted by atomic mass is 16.2. The number of hydrogen-bond donors (Lipinski definition) is 3. The number of rotatable bonds is 8. The molecule has 1 fully saturated rings. The van der Waals surface area contributed by atoms with Crippen LogP contribution >= 0.6 is 0 Å². The van der Waals surface area contributed by atoms with Crippen molar-refractivity contribution in [3.63, 3.8) is 0 Å². The largest absolute Gasteiger partial charge is 0.352 e. The first-order chi connectivity index (χ1) is 13.4. The summed E-state index contributed by atoms with van der Waals surface area (Å²) >= 11 is 0. The Morgan fingerprint density at radius 1 is 0.964 bits per heavy atom. The van der Waals surface area contributed by atoms with Gasteiger partial charge in [-0.25, -0.2) is 0 Å². The van der Waals surface area contributed by atoms with Crippen LogP contribution in [0, 0.1) is 5.92 Å². The summed E-state index contributed by atoms with van der Waals surface area (Å²) in [5, 5.41) is 8.64. The van der Waals surface area contributed by atoms with Gasteiger partial charge in [-0.2, -0.15) is 0 Å². The number of nitrogens with zero attached hydrogens (tertiary/aromatic N) is 1. The Morgan fingerprint density at radius 2 is 1.54 bits per heavy atom. The molecule has 0 heterocycles. The number of amides is 3. The Kier molecular flexibility index (Phi) is 8.44. The summed E-state index contributed by atoms with van der Waals surface area (Å²) in [7, 11) is 0. The van der Waals surface area contributed by atoms with Crippen molar-refractivity contribution in [1.82, 2.24) is 10.2 Å². The lowest BCUT2D eigenvalue weighted by atomic mass is 9.86. The molecule has 7 nitrogen and oxygen atoms in total. The average Bonchev–Trinajstić information content (AvgIpc) is 2.64. The fraction of sp³-hybridized carbons (Fsp3) is 0.571. The van der Waals surface area contributed by atoms with Crippen LogP contribution in [0.2, 0.25) is 0 Å². The molecule has 1 aliphatic rings. The summed E-state index contributed by atoms with van der Waals surface area (Å²) in [6, 6.07) is 7.17. The van der Waals surface area contributed by atoms with Crippen LogP contribution in [0.15, 0.2) is 24.3 Å². The Morgan fingerprint density at radius 3 is 2.11 bits per heavy atom. The van der Waals surface area contributed by atoms with Crippen molar-refractivity contribution in [2.45, 2.75) is 52.5 Å². The fourth-order valence-corrected chi connectivity index (χ4v) is 3.51. The minimum Gasteiger partial charge on any atom is -0.352 e. The molecule has 7 heteroatoms. The monoisotopic (exact) mass is 388 g/mol. The van der Waals surface area contributed by atoms with Gasteiger partial charge in [-0.1, -0.05) is 26.7 Å². The number of carbonyl (C=O) groups is 3. The number of nitrogens with one attached hydrogen (secondary N) is 3. The first-order valence-corrected chi connectivity index (χ1v) is 10.1. The Labute approximate surface area is 167 Å². The summed E-state index contributed by atoms with van der Waals surface area (Å²) in [5.74, 6) is 0.175. The highest BCUT2D eigenvalue weighted by Crippen LogP contribution is 2.23. The van der Waals surface area contributed by atoms with Crippen molar-refractivity contribution in [2.75, 3.05) is 30.3 Å². The minimum absolute atomic E-state index is 0.0203. The van der Waals surface area contributed by atoms with Gasteiger partial charge < -0.3 is 16.0 Å². The normalized spacial score (nSPS) is 19.1. The van der Waals surface area contributed by atoms with E-state index in [1.165, 1.54) is 13.3 Å². The quantitative estimate of drug-likeness (QED) is 0.638. The second-order valence-electron chi connectivity index (χ2n) is 7.55. The first kappa shape index (κ1) is 21.9. The molecule has 0 bridgehead atoms. The van der Waals surface area contributed by atoms with Gasteiger partial charge in [0.25, 0.3) is 0 Å². The van der Waals surface area contributed by atoms with E-state index in [-0.39, 0.29) is 36.9 Å². The molecule has 154 valence electrons. The van der Waals surface area contributed by atoms with E-state index in [4.69, 9.17) is 0 Å². The molecule has 2 atom stereocenters. The maximum atomic E-state index is 12.4. The molecule has 2 rings (SSSR count). The van der Waals surface area contributed by atoms with E-state index in [1.807, 2.05) is 11.8 Å². The Hall–Kier alpha value is -2.41. The van der Waals surface area contributed by atoms with Crippen molar-refractivity contribution in [3.05, 3.63) is 24.3 Å². The van der Waals surface area contributed by atoms with Gasteiger partial charge in [0.2, 0.25) is 17.7 Å². The highest BCUT2D eigenvalue weighted by Gasteiger charge is 2.23. The fourth-order valence-electron chi connectivity index (χ4n) is 3.51. The SMILES string of the molecule is CCN(CC(=O)Nc1ccc(NC(C)=O)cc1)CC(=O)N[C@@H]1CCCC[C@@H]1C. The smallest absolute Gasteiger partial charge is 0.238 e. The molecule has 3 N–H and O–H groups in total. The van der Waals surface area contributed by atoms with Crippen LogP contribution in [-0.2, 0) is 14.4 Å². The molecule has 0 saturated heterocycles.